The Labute approximate surface area is 140 Å². The first-order valence-corrected chi connectivity index (χ1v) is 7.57. The molecule has 1 aromatic carbocycles. The topological polar surface area (TPSA) is 102 Å². The molecule has 0 aliphatic carbocycles. The van der Waals surface area contributed by atoms with Crippen molar-refractivity contribution in [2.75, 3.05) is 26.1 Å². The van der Waals surface area contributed by atoms with Gasteiger partial charge in [-0.25, -0.2) is 4.79 Å². The van der Waals surface area contributed by atoms with E-state index < -0.39 is 22.8 Å². The van der Waals surface area contributed by atoms with E-state index >= 15 is 0 Å². The first-order valence-electron chi connectivity index (χ1n) is 7.57. The van der Waals surface area contributed by atoms with E-state index in [0.717, 1.165) is 0 Å². The lowest BCUT2D eigenvalue weighted by Crippen LogP contribution is -2.45. The van der Waals surface area contributed by atoms with Crippen molar-refractivity contribution in [2.24, 2.45) is 5.92 Å². The first kappa shape index (κ1) is 19.4. The fourth-order valence-corrected chi connectivity index (χ4v) is 2.21. The third-order valence-corrected chi connectivity index (χ3v) is 3.87. The molecule has 0 saturated heterocycles. The number of methoxy groups -OCH3 is 1. The molecule has 1 rings (SSSR count). The molecule has 1 amide bonds. The summed E-state index contributed by atoms with van der Waals surface area (Å²) in [6, 6.07) is 3.39. The molecule has 0 spiro atoms. The highest BCUT2D eigenvalue weighted by Crippen LogP contribution is 2.27. The average Bonchev–Trinajstić information content (AvgIpc) is 2.57. The van der Waals surface area contributed by atoms with Crippen molar-refractivity contribution in [3.05, 3.63) is 33.9 Å². The second-order valence-electron chi connectivity index (χ2n) is 5.71. The minimum Gasteiger partial charge on any atom is -0.467 e. The van der Waals surface area contributed by atoms with E-state index in [1.54, 1.807) is 19.0 Å². The molecular weight excluding hydrogens is 314 g/mol. The van der Waals surface area contributed by atoms with Crippen LogP contribution in [0, 0.1) is 16.0 Å². The lowest BCUT2D eigenvalue weighted by molar-refractivity contribution is -0.384. The Morgan fingerprint density at radius 2 is 2.00 bits per heavy atom. The third kappa shape index (κ3) is 4.43. The number of rotatable bonds is 7. The molecule has 0 aromatic heterocycles. The van der Waals surface area contributed by atoms with E-state index in [9.17, 15) is 19.7 Å². The summed E-state index contributed by atoms with van der Waals surface area (Å²) in [6.45, 7) is 3.71. The van der Waals surface area contributed by atoms with Crippen LogP contribution in [0.3, 0.4) is 0 Å². The van der Waals surface area contributed by atoms with E-state index in [4.69, 9.17) is 4.74 Å². The summed E-state index contributed by atoms with van der Waals surface area (Å²) in [5, 5.41) is 13.8. The van der Waals surface area contributed by atoms with Gasteiger partial charge in [-0.05, 0) is 18.1 Å². The van der Waals surface area contributed by atoms with E-state index in [-0.39, 0.29) is 17.2 Å². The second kappa shape index (κ2) is 8.28. The van der Waals surface area contributed by atoms with Gasteiger partial charge in [0, 0.05) is 25.7 Å². The van der Waals surface area contributed by atoms with Gasteiger partial charge in [0.2, 0.25) is 0 Å². The fourth-order valence-electron chi connectivity index (χ4n) is 2.21. The van der Waals surface area contributed by atoms with Gasteiger partial charge in [0.15, 0.2) is 0 Å². The SMILES string of the molecule is CC[C@@H](C)[C@@H](NC(=O)c1ccc(N(C)C)c([N+](=O)[O-])c1)C(=O)OC. The normalized spacial score (nSPS) is 12.9. The first-order chi connectivity index (χ1) is 11.2. The minimum atomic E-state index is -0.805. The molecule has 0 heterocycles. The summed E-state index contributed by atoms with van der Waals surface area (Å²) in [7, 11) is 4.61. The van der Waals surface area contributed by atoms with Crippen LogP contribution in [0.25, 0.3) is 0 Å². The van der Waals surface area contributed by atoms with Crippen molar-refractivity contribution < 1.29 is 19.2 Å². The average molecular weight is 337 g/mol. The molecule has 0 saturated carbocycles. The van der Waals surface area contributed by atoms with Gasteiger partial charge < -0.3 is 15.0 Å². The molecular formula is C16H23N3O5. The van der Waals surface area contributed by atoms with Gasteiger partial charge in [0.25, 0.3) is 11.6 Å². The number of esters is 1. The van der Waals surface area contributed by atoms with Crippen LogP contribution in [-0.2, 0) is 9.53 Å². The van der Waals surface area contributed by atoms with Gasteiger partial charge in [0.1, 0.15) is 11.7 Å². The summed E-state index contributed by atoms with van der Waals surface area (Å²) in [6.07, 6.45) is 0.666. The Bertz CT molecular complexity index is 630. The Balaban J connectivity index is 3.12. The van der Waals surface area contributed by atoms with Crippen LogP contribution in [-0.4, -0.2) is 44.0 Å². The number of carbonyl (C=O) groups is 2. The molecule has 0 bridgehead atoms. The van der Waals surface area contributed by atoms with Crippen LogP contribution < -0.4 is 10.2 Å². The van der Waals surface area contributed by atoms with Crippen molar-refractivity contribution in [1.82, 2.24) is 5.32 Å². The number of nitrogens with one attached hydrogen (secondary N) is 1. The molecule has 0 aliphatic heterocycles. The molecule has 24 heavy (non-hydrogen) atoms. The van der Waals surface area contributed by atoms with Gasteiger partial charge in [-0.1, -0.05) is 20.3 Å². The minimum absolute atomic E-state index is 0.115. The van der Waals surface area contributed by atoms with Crippen LogP contribution in [0.4, 0.5) is 11.4 Å². The van der Waals surface area contributed by atoms with Gasteiger partial charge in [-0.2, -0.15) is 0 Å². The predicted octanol–water partition coefficient (Wildman–Crippen LogP) is 1.98. The number of anilines is 1. The van der Waals surface area contributed by atoms with E-state index in [0.29, 0.717) is 12.1 Å². The van der Waals surface area contributed by atoms with Crippen LogP contribution in [0.15, 0.2) is 18.2 Å². The zero-order chi connectivity index (χ0) is 18.4. The molecule has 0 aliphatic rings. The van der Waals surface area contributed by atoms with Crippen LogP contribution in [0.2, 0.25) is 0 Å². The number of nitro groups is 1. The quantitative estimate of drug-likeness (QED) is 0.464. The molecule has 0 fully saturated rings. The fraction of sp³-hybridized carbons (Fsp3) is 0.500. The molecule has 8 nitrogen and oxygen atoms in total. The summed E-state index contributed by atoms with van der Waals surface area (Å²) < 4.78 is 4.72. The largest absolute Gasteiger partial charge is 0.467 e. The number of ether oxygens (including phenoxy) is 1. The number of carbonyl (C=O) groups excluding carboxylic acids is 2. The number of hydrogen-bond acceptors (Lipinski definition) is 6. The molecule has 1 N–H and O–H groups in total. The van der Waals surface area contributed by atoms with E-state index in [2.05, 4.69) is 5.32 Å². The Kier molecular flexibility index (Phi) is 6.69. The van der Waals surface area contributed by atoms with Crippen molar-refractivity contribution in [3.63, 3.8) is 0 Å². The molecule has 2 atom stereocenters. The van der Waals surface area contributed by atoms with Crippen molar-refractivity contribution in [1.29, 1.82) is 0 Å². The third-order valence-electron chi connectivity index (χ3n) is 3.87. The predicted molar refractivity (Wildman–Crippen MR) is 90.1 cm³/mol. The highest BCUT2D eigenvalue weighted by Gasteiger charge is 2.28. The van der Waals surface area contributed by atoms with Gasteiger partial charge in [-0.3, -0.25) is 14.9 Å². The van der Waals surface area contributed by atoms with E-state index in [1.165, 1.54) is 25.3 Å². The van der Waals surface area contributed by atoms with Crippen LogP contribution in [0.5, 0.6) is 0 Å². The Morgan fingerprint density at radius 3 is 2.46 bits per heavy atom. The van der Waals surface area contributed by atoms with Crippen molar-refractivity contribution in [3.8, 4) is 0 Å². The summed E-state index contributed by atoms with van der Waals surface area (Å²) in [5.41, 5.74) is 0.332. The standard InChI is InChI=1S/C16H23N3O5/c1-6-10(2)14(16(21)24-5)17-15(20)11-7-8-12(18(3)4)13(9-11)19(22)23/h7-10,14H,6H2,1-5H3,(H,17,20)/t10-,14-/m1/s1. The van der Waals surface area contributed by atoms with Crippen LogP contribution >= 0.6 is 0 Å². The van der Waals surface area contributed by atoms with Crippen LogP contribution in [0.1, 0.15) is 30.6 Å². The van der Waals surface area contributed by atoms with Gasteiger partial charge in [-0.15, -0.1) is 0 Å². The zero-order valence-corrected chi connectivity index (χ0v) is 14.5. The van der Waals surface area contributed by atoms with Crippen molar-refractivity contribution >= 4 is 23.3 Å². The molecule has 1 aromatic rings. The lowest BCUT2D eigenvalue weighted by Gasteiger charge is -2.22. The zero-order valence-electron chi connectivity index (χ0n) is 14.5. The van der Waals surface area contributed by atoms with Crippen molar-refractivity contribution in [2.45, 2.75) is 26.3 Å². The highest BCUT2D eigenvalue weighted by atomic mass is 16.6. The Hall–Kier alpha value is -2.64. The molecule has 0 unspecified atom stereocenters. The number of nitrogens with zero attached hydrogens (tertiary/aromatic N) is 2. The number of nitro benzene ring substituents is 1. The summed E-state index contributed by atoms with van der Waals surface area (Å²) in [4.78, 5) is 36.5. The number of benzene rings is 1. The molecule has 8 heteroatoms. The second-order valence-corrected chi connectivity index (χ2v) is 5.71. The molecule has 132 valence electrons. The summed E-state index contributed by atoms with van der Waals surface area (Å²) in [5.74, 6) is -1.23. The van der Waals surface area contributed by atoms with E-state index in [1.807, 2.05) is 13.8 Å². The Morgan fingerprint density at radius 1 is 1.38 bits per heavy atom. The molecule has 0 radical (unpaired) electrons. The van der Waals surface area contributed by atoms with Gasteiger partial charge >= 0.3 is 5.97 Å². The summed E-state index contributed by atoms with van der Waals surface area (Å²) >= 11 is 0. The number of amides is 1. The smallest absolute Gasteiger partial charge is 0.328 e. The van der Waals surface area contributed by atoms with Gasteiger partial charge in [0.05, 0.1) is 12.0 Å². The maximum Gasteiger partial charge on any atom is 0.328 e. The number of hydrogen-bond donors (Lipinski definition) is 1. The highest BCUT2D eigenvalue weighted by molar-refractivity contribution is 5.98. The maximum absolute atomic E-state index is 12.4. The maximum atomic E-state index is 12.4. The lowest BCUT2D eigenvalue weighted by atomic mass is 9.98. The monoisotopic (exact) mass is 337 g/mol.